The van der Waals surface area contributed by atoms with Gasteiger partial charge in [0, 0.05) is 6.42 Å². The van der Waals surface area contributed by atoms with Gasteiger partial charge in [0.1, 0.15) is 0 Å². The van der Waals surface area contributed by atoms with Crippen LogP contribution in [0, 0.1) is 0 Å². The zero-order valence-electron chi connectivity index (χ0n) is 23.7. The van der Waals surface area contributed by atoms with Gasteiger partial charge < -0.3 is 13.9 Å². The largest absolute Gasteiger partial charge is 0.385 e. The molecule has 0 heterocycles. The molecule has 0 rings (SSSR count). The highest BCUT2D eigenvalue weighted by atomic mass is 31.2. The van der Waals surface area contributed by atoms with Crippen molar-refractivity contribution in [3.8, 4) is 0 Å². The molecule has 0 aliphatic carbocycles. The van der Waals surface area contributed by atoms with E-state index in [1.54, 1.807) is 0 Å². The molecule has 0 aliphatic rings. The minimum Gasteiger partial charge on any atom is -0.320 e. The number of unbranched alkanes of at least 4 members (excludes halogenated alkanes) is 16. The molecule has 0 aromatic heterocycles. The van der Waals surface area contributed by atoms with Gasteiger partial charge in [0.2, 0.25) is 0 Å². The molecule has 0 spiro atoms. The Morgan fingerprint density at radius 2 is 1.12 bits per heavy atom. The average Bonchev–Trinajstić information content (AvgIpc) is 2.77. The molecule has 0 aromatic carbocycles. The molecule has 34 heavy (non-hydrogen) atoms. The first-order chi connectivity index (χ1) is 16.3. The number of hydrogen-bond donors (Lipinski definition) is 1. The lowest BCUT2D eigenvalue weighted by Crippen LogP contribution is -2.45. The quantitative estimate of drug-likeness (QED) is 0.0585. The number of nitrogens with zero attached hydrogens (tertiary/aromatic N) is 1. The normalized spacial score (nSPS) is 15.1. The number of rotatable bonds is 25. The second-order valence-electron chi connectivity index (χ2n) is 11.1. The van der Waals surface area contributed by atoms with Crippen molar-refractivity contribution in [3.63, 3.8) is 0 Å². The lowest BCUT2D eigenvalue weighted by molar-refractivity contribution is -0.883. The predicted molar refractivity (Wildman–Crippen MR) is 150 cm³/mol. The highest BCUT2D eigenvalue weighted by molar-refractivity contribution is 7.53. The summed E-state index contributed by atoms with van der Waals surface area (Å²) in [6, 6.07) is 0. The summed E-state index contributed by atoms with van der Waals surface area (Å²) in [5.74, 6) is -0.333. The van der Waals surface area contributed by atoms with Crippen molar-refractivity contribution in [2.45, 2.75) is 148 Å². The first-order valence-electron chi connectivity index (χ1n) is 14.7. The third kappa shape index (κ3) is 20.1. The number of allylic oxidation sites excluding steroid dienone is 2. The first kappa shape index (κ1) is 33.8. The maximum absolute atomic E-state index is 12.7. The highest BCUT2D eigenvalue weighted by Gasteiger charge is 2.41. The first-order valence-corrected chi connectivity index (χ1v) is 16.3. The van der Waals surface area contributed by atoms with Gasteiger partial charge in [-0.15, -0.1) is 0 Å². The van der Waals surface area contributed by atoms with Crippen LogP contribution in [0.2, 0.25) is 0 Å². The minimum atomic E-state index is -3.57. The van der Waals surface area contributed by atoms with Crippen molar-refractivity contribution in [3.05, 3.63) is 12.2 Å². The summed E-state index contributed by atoms with van der Waals surface area (Å²) in [6.07, 6.45) is 29.9. The van der Waals surface area contributed by atoms with Gasteiger partial charge in [-0.05, 0) is 32.1 Å². The Labute approximate surface area is 214 Å². The molecule has 0 saturated carbocycles. The summed E-state index contributed by atoms with van der Waals surface area (Å²) >= 11 is 0. The van der Waals surface area contributed by atoms with Crippen LogP contribution >= 0.6 is 7.60 Å². The van der Waals surface area contributed by atoms with Gasteiger partial charge in [0.05, 0.1) is 27.7 Å². The Hall–Kier alpha value is -0.150. The smallest absolute Gasteiger partial charge is 0.320 e. The second-order valence-corrected chi connectivity index (χ2v) is 13.1. The molecule has 0 fully saturated rings. The molecular weight excluding hydrogens is 441 g/mol. The maximum Gasteiger partial charge on any atom is 0.385 e. The van der Waals surface area contributed by atoms with Gasteiger partial charge in [0.15, 0.2) is 5.78 Å². The molecule has 2 atom stereocenters. The summed E-state index contributed by atoms with van der Waals surface area (Å²) in [6.45, 7) is 4.66. The van der Waals surface area contributed by atoms with E-state index < -0.39 is 7.60 Å². The summed E-state index contributed by atoms with van der Waals surface area (Å²) in [5.41, 5.74) is 0. The Morgan fingerprint density at radius 1 is 0.706 bits per heavy atom. The third-order valence-electron chi connectivity index (χ3n) is 6.76. The van der Waals surface area contributed by atoms with Crippen molar-refractivity contribution in [2.75, 3.05) is 27.7 Å². The van der Waals surface area contributed by atoms with Gasteiger partial charge in [-0.2, -0.15) is 0 Å². The van der Waals surface area contributed by atoms with Crippen LogP contribution in [-0.4, -0.2) is 42.9 Å². The van der Waals surface area contributed by atoms with Crippen molar-refractivity contribution in [1.29, 1.82) is 0 Å². The molecule has 204 valence electrons. The van der Waals surface area contributed by atoms with Crippen LogP contribution in [-0.2, 0) is 9.09 Å². The lowest BCUT2D eigenvalue weighted by Gasteiger charge is -2.35. The monoisotopic (exact) mass is 502 g/mol. The van der Waals surface area contributed by atoms with E-state index in [9.17, 15) is 9.46 Å². The summed E-state index contributed by atoms with van der Waals surface area (Å²) < 4.78 is 18.6. The van der Waals surface area contributed by atoms with E-state index in [4.69, 9.17) is 4.52 Å². The maximum atomic E-state index is 12.7. The van der Waals surface area contributed by atoms with Crippen LogP contribution in [0.3, 0.4) is 0 Å². The van der Waals surface area contributed by atoms with Gasteiger partial charge in [-0.1, -0.05) is 116 Å². The molecule has 1 N–H and O–H groups in total. The van der Waals surface area contributed by atoms with Gasteiger partial charge in [0.25, 0.3) is 0 Å². The number of hydrogen-bond acceptors (Lipinski definition) is 2. The molecule has 5 heteroatoms. The van der Waals surface area contributed by atoms with E-state index in [1.807, 2.05) is 21.1 Å². The Bertz CT molecular complexity index is 516. The molecule has 0 bridgehead atoms. The molecular formula is C29H61NO3P+. The molecule has 0 aliphatic heterocycles. The summed E-state index contributed by atoms with van der Waals surface area (Å²) in [7, 11) is 2.36. The van der Waals surface area contributed by atoms with Crippen LogP contribution in [0.1, 0.15) is 142 Å². The van der Waals surface area contributed by atoms with Crippen molar-refractivity contribution >= 4 is 7.60 Å². The van der Waals surface area contributed by atoms with Crippen LogP contribution in [0.25, 0.3) is 0 Å². The van der Waals surface area contributed by atoms with E-state index in [2.05, 4.69) is 26.0 Å². The second kappa shape index (κ2) is 22.1. The molecule has 0 aromatic rings. The molecule has 4 nitrogen and oxygen atoms in total. The topological polar surface area (TPSA) is 46.5 Å². The standard InChI is InChI=1S/C29H60NO3P/c1-6-8-9-10-11-12-13-14-15-16-17-18-19-20-21-22-23-24-25-26-28-33-34(31,32)29(27-7-2)30(3,4)5/h8-9,29H,6-7,10-28H2,1-5H3/p+1/b9-8-. The van der Waals surface area contributed by atoms with E-state index in [0.717, 1.165) is 19.3 Å². The van der Waals surface area contributed by atoms with Crippen molar-refractivity contribution in [1.82, 2.24) is 0 Å². The van der Waals surface area contributed by atoms with Crippen LogP contribution < -0.4 is 0 Å². The van der Waals surface area contributed by atoms with E-state index in [-0.39, 0.29) is 5.78 Å². The van der Waals surface area contributed by atoms with E-state index in [1.165, 1.54) is 103 Å². The fraction of sp³-hybridized carbons (Fsp3) is 0.931. The van der Waals surface area contributed by atoms with Gasteiger partial charge in [-0.3, -0.25) is 4.57 Å². The van der Waals surface area contributed by atoms with Crippen LogP contribution in [0.4, 0.5) is 0 Å². The SMILES string of the molecule is CC/C=C\CCCCCCCCCCCCCCCCCCOP(=O)(O)C(CCC)[N+](C)(C)C. The Balaban J connectivity index is 3.44. The van der Waals surface area contributed by atoms with Crippen LogP contribution in [0.5, 0.6) is 0 Å². The van der Waals surface area contributed by atoms with Gasteiger partial charge in [-0.25, -0.2) is 0 Å². The van der Waals surface area contributed by atoms with Crippen LogP contribution in [0.15, 0.2) is 12.2 Å². The predicted octanol–water partition coefficient (Wildman–Crippen LogP) is 9.62. The summed E-state index contributed by atoms with van der Waals surface area (Å²) in [5, 5.41) is 0. The zero-order chi connectivity index (χ0) is 25.5. The molecule has 0 saturated heterocycles. The third-order valence-corrected chi connectivity index (χ3v) is 9.02. The highest BCUT2D eigenvalue weighted by Crippen LogP contribution is 2.51. The van der Waals surface area contributed by atoms with E-state index >= 15 is 0 Å². The molecule has 0 radical (unpaired) electrons. The average molecular weight is 503 g/mol. The molecule has 0 amide bonds. The van der Waals surface area contributed by atoms with Crippen molar-refractivity contribution < 1.29 is 18.5 Å². The Kier molecular flexibility index (Phi) is 22.0. The summed E-state index contributed by atoms with van der Waals surface area (Å²) in [4.78, 5) is 10.4. The van der Waals surface area contributed by atoms with Crippen molar-refractivity contribution in [2.24, 2.45) is 0 Å². The fourth-order valence-corrected chi connectivity index (χ4v) is 6.67. The molecule has 2 unspecified atom stereocenters. The Morgan fingerprint density at radius 3 is 1.50 bits per heavy atom. The zero-order valence-corrected chi connectivity index (χ0v) is 24.6. The lowest BCUT2D eigenvalue weighted by atomic mass is 10.0. The van der Waals surface area contributed by atoms with E-state index in [0.29, 0.717) is 17.5 Å². The minimum absolute atomic E-state index is 0.333. The fourth-order valence-electron chi connectivity index (χ4n) is 4.65. The van der Waals surface area contributed by atoms with Gasteiger partial charge >= 0.3 is 7.60 Å². The number of quaternary nitrogens is 1.